The average Bonchev–Trinajstić information content (AvgIpc) is 3.26. The number of anilines is 1. The molecule has 0 unspecified atom stereocenters. The maximum atomic E-state index is 6.15. The zero-order chi connectivity index (χ0) is 21.2. The number of aryl methyl sites for hydroxylation is 1. The normalized spacial score (nSPS) is 17.7. The Labute approximate surface area is 188 Å². The summed E-state index contributed by atoms with van der Waals surface area (Å²) in [7, 11) is 4.16. The lowest BCUT2D eigenvalue weighted by Crippen LogP contribution is -2.33. The zero-order valence-electron chi connectivity index (χ0n) is 18.5. The van der Waals surface area contributed by atoms with Gasteiger partial charge < -0.3 is 19.1 Å². The molecule has 166 valence electrons. The SMILES string of the molecule is CN(C)Cc1c(OCC2CC2)ccc2c(CCC3CCN(c4nccs4)CC3)noc12. The highest BCUT2D eigenvalue weighted by Gasteiger charge is 2.25. The van der Waals surface area contributed by atoms with E-state index >= 15 is 0 Å². The third kappa shape index (κ3) is 4.88. The lowest BCUT2D eigenvalue weighted by atomic mass is 9.91. The quantitative estimate of drug-likeness (QED) is 0.468. The molecule has 0 atom stereocenters. The van der Waals surface area contributed by atoms with E-state index in [1.165, 1.54) is 25.7 Å². The van der Waals surface area contributed by atoms with Crippen molar-refractivity contribution in [1.82, 2.24) is 15.0 Å². The first-order chi connectivity index (χ1) is 15.2. The summed E-state index contributed by atoms with van der Waals surface area (Å²) in [5.41, 5.74) is 3.11. The van der Waals surface area contributed by atoms with Gasteiger partial charge in [-0.2, -0.15) is 0 Å². The Balaban J connectivity index is 1.25. The summed E-state index contributed by atoms with van der Waals surface area (Å²) >= 11 is 1.74. The Bertz CT molecular complexity index is 989. The third-order valence-electron chi connectivity index (χ3n) is 6.52. The monoisotopic (exact) mass is 440 g/mol. The summed E-state index contributed by atoms with van der Waals surface area (Å²) in [6.45, 7) is 3.81. The molecule has 31 heavy (non-hydrogen) atoms. The standard InChI is InChI=1S/C24H32N4O2S/c1-27(2)15-20-22(29-16-18-3-4-18)8-6-19-21(26-30-23(19)20)7-5-17-9-12-28(13-10-17)24-25-11-14-31-24/h6,8,11,14,17-18H,3-5,7,9-10,12-13,15-16H2,1-2H3. The maximum Gasteiger partial charge on any atom is 0.185 e. The number of benzene rings is 1. The second-order valence-electron chi connectivity index (χ2n) is 9.32. The second-order valence-corrected chi connectivity index (χ2v) is 10.2. The number of ether oxygens (including phenoxy) is 1. The molecule has 1 saturated carbocycles. The third-order valence-corrected chi connectivity index (χ3v) is 7.35. The van der Waals surface area contributed by atoms with Crippen LogP contribution in [-0.2, 0) is 13.0 Å². The van der Waals surface area contributed by atoms with Crippen LogP contribution in [0.2, 0.25) is 0 Å². The van der Waals surface area contributed by atoms with Crippen molar-refractivity contribution in [3.8, 4) is 5.75 Å². The van der Waals surface area contributed by atoms with Crippen LogP contribution in [0.5, 0.6) is 5.75 Å². The van der Waals surface area contributed by atoms with E-state index in [9.17, 15) is 0 Å². The minimum Gasteiger partial charge on any atom is -0.493 e. The Kier molecular flexibility index (Phi) is 6.14. The van der Waals surface area contributed by atoms with Gasteiger partial charge >= 0.3 is 0 Å². The maximum absolute atomic E-state index is 6.15. The highest BCUT2D eigenvalue weighted by atomic mass is 32.1. The lowest BCUT2D eigenvalue weighted by molar-refractivity contribution is 0.289. The van der Waals surface area contributed by atoms with Gasteiger partial charge in [-0.3, -0.25) is 0 Å². The summed E-state index contributed by atoms with van der Waals surface area (Å²) < 4.78 is 12.0. The summed E-state index contributed by atoms with van der Waals surface area (Å²) in [4.78, 5) is 9.04. The second kappa shape index (κ2) is 9.17. The zero-order valence-corrected chi connectivity index (χ0v) is 19.4. The van der Waals surface area contributed by atoms with Crippen LogP contribution in [0, 0.1) is 11.8 Å². The molecule has 1 aliphatic heterocycles. The fourth-order valence-corrected chi connectivity index (χ4v) is 5.19. The Morgan fingerprint density at radius 3 is 2.71 bits per heavy atom. The van der Waals surface area contributed by atoms with Gasteiger partial charge in [0, 0.05) is 36.6 Å². The first-order valence-electron chi connectivity index (χ1n) is 11.5. The van der Waals surface area contributed by atoms with E-state index in [-0.39, 0.29) is 0 Å². The lowest BCUT2D eigenvalue weighted by Gasteiger charge is -2.31. The van der Waals surface area contributed by atoms with E-state index < -0.39 is 0 Å². The van der Waals surface area contributed by atoms with Crippen molar-refractivity contribution >= 4 is 27.4 Å². The average molecular weight is 441 g/mol. The fraction of sp³-hybridized carbons (Fsp3) is 0.583. The predicted octanol–water partition coefficient (Wildman–Crippen LogP) is 4.98. The van der Waals surface area contributed by atoms with Crippen molar-refractivity contribution in [3.05, 3.63) is 35.0 Å². The van der Waals surface area contributed by atoms with Crippen LogP contribution in [0.1, 0.15) is 43.4 Å². The molecule has 5 rings (SSSR count). The van der Waals surface area contributed by atoms with E-state index in [0.29, 0.717) is 0 Å². The molecule has 0 bridgehead atoms. The van der Waals surface area contributed by atoms with Gasteiger partial charge in [-0.1, -0.05) is 5.16 Å². The van der Waals surface area contributed by atoms with E-state index in [2.05, 4.69) is 51.5 Å². The van der Waals surface area contributed by atoms with Crippen molar-refractivity contribution in [3.63, 3.8) is 0 Å². The van der Waals surface area contributed by atoms with E-state index in [4.69, 9.17) is 9.26 Å². The molecule has 2 aromatic heterocycles. The van der Waals surface area contributed by atoms with E-state index in [0.717, 1.165) is 84.0 Å². The number of thiazole rings is 1. The van der Waals surface area contributed by atoms with Gasteiger partial charge in [0.25, 0.3) is 0 Å². The highest BCUT2D eigenvalue weighted by molar-refractivity contribution is 7.13. The minimum absolute atomic E-state index is 0.732. The molecule has 0 N–H and O–H groups in total. The Hall–Kier alpha value is -2.12. The van der Waals surface area contributed by atoms with Gasteiger partial charge in [0.05, 0.1) is 17.9 Å². The molecule has 3 heterocycles. The summed E-state index contributed by atoms with van der Waals surface area (Å²) in [5, 5.41) is 8.85. The van der Waals surface area contributed by atoms with Gasteiger partial charge in [-0.25, -0.2) is 4.98 Å². The largest absolute Gasteiger partial charge is 0.493 e. The highest BCUT2D eigenvalue weighted by Crippen LogP contribution is 2.35. The molecule has 1 aromatic carbocycles. The topological polar surface area (TPSA) is 54.6 Å². The molecule has 3 aromatic rings. The molecule has 7 heteroatoms. The minimum atomic E-state index is 0.732. The van der Waals surface area contributed by atoms with Gasteiger partial charge in [0.1, 0.15) is 5.75 Å². The van der Waals surface area contributed by atoms with Crippen LogP contribution < -0.4 is 9.64 Å². The number of rotatable bonds is 9. The Morgan fingerprint density at radius 1 is 1.16 bits per heavy atom. The van der Waals surface area contributed by atoms with Gasteiger partial charge in [-0.15, -0.1) is 11.3 Å². The van der Waals surface area contributed by atoms with Crippen molar-refractivity contribution in [1.29, 1.82) is 0 Å². The number of hydrogen-bond acceptors (Lipinski definition) is 7. The summed E-state index contributed by atoms with van der Waals surface area (Å²) in [6, 6.07) is 4.27. The first kappa shape index (κ1) is 20.8. The molecule has 1 aliphatic carbocycles. The molecule has 0 spiro atoms. The van der Waals surface area contributed by atoms with Crippen LogP contribution in [-0.4, -0.2) is 48.8 Å². The summed E-state index contributed by atoms with van der Waals surface area (Å²) in [5.74, 6) is 2.42. The molecule has 2 fully saturated rings. The van der Waals surface area contributed by atoms with Crippen LogP contribution in [0.4, 0.5) is 5.13 Å². The molecular formula is C24H32N4O2S. The molecule has 6 nitrogen and oxygen atoms in total. The molecule has 0 radical (unpaired) electrons. The summed E-state index contributed by atoms with van der Waals surface area (Å²) in [6.07, 6.45) is 9.06. The van der Waals surface area contributed by atoms with Gasteiger partial charge in [-0.05, 0) is 76.6 Å². The molecule has 2 aliphatic rings. The number of aromatic nitrogens is 2. The van der Waals surface area contributed by atoms with Gasteiger partial charge in [0.2, 0.25) is 0 Å². The molecular weight excluding hydrogens is 408 g/mol. The number of piperidine rings is 1. The number of hydrogen-bond donors (Lipinski definition) is 0. The van der Waals surface area contributed by atoms with Crippen molar-refractivity contribution in [2.75, 3.05) is 38.7 Å². The predicted molar refractivity (Wildman–Crippen MR) is 125 cm³/mol. The van der Waals surface area contributed by atoms with Crippen LogP contribution in [0.15, 0.2) is 28.2 Å². The van der Waals surface area contributed by atoms with Crippen molar-refractivity contribution in [2.24, 2.45) is 11.8 Å². The fourth-order valence-electron chi connectivity index (χ4n) is 4.49. The van der Waals surface area contributed by atoms with Gasteiger partial charge in [0.15, 0.2) is 10.7 Å². The molecule has 1 saturated heterocycles. The molecule has 0 amide bonds. The van der Waals surface area contributed by atoms with Crippen LogP contribution in [0.25, 0.3) is 11.0 Å². The van der Waals surface area contributed by atoms with Crippen LogP contribution >= 0.6 is 11.3 Å². The van der Waals surface area contributed by atoms with Crippen LogP contribution in [0.3, 0.4) is 0 Å². The van der Waals surface area contributed by atoms with Crippen molar-refractivity contribution < 1.29 is 9.26 Å². The number of fused-ring (bicyclic) bond motifs is 1. The van der Waals surface area contributed by atoms with E-state index in [1.54, 1.807) is 11.3 Å². The number of nitrogens with zero attached hydrogens (tertiary/aromatic N) is 4. The van der Waals surface area contributed by atoms with Crippen molar-refractivity contribution in [2.45, 2.75) is 45.1 Å². The Morgan fingerprint density at radius 2 is 2.00 bits per heavy atom. The smallest absolute Gasteiger partial charge is 0.185 e. The first-order valence-corrected chi connectivity index (χ1v) is 12.4. The van der Waals surface area contributed by atoms with E-state index in [1.807, 2.05) is 6.20 Å².